The Balaban J connectivity index is -0.000000109. The molecular weight excluding hydrogens is 1100 g/mol. The Kier molecular flexibility index (Phi) is 70.2. The molecule has 3 rings (SSSR count). The molecule has 1 aliphatic heterocycles. The fourth-order valence-corrected chi connectivity index (χ4v) is 6.83. The minimum Gasteiger partial charge on any atom is -0.460 e. The molecule has 1 saturated heterocycles. The molecule has 9 nitrogen and oxygen atoms in total. The van der Waals surface area contributed by atoms with Crippen molar-refractivity contribution in [1.82, 2.24) is 0 Å². The summed E-state index contributed by atoms with van der Waals surface area (Å²) in [6.07, 6.45) is 21.4. The van der Waals surface area contributed by atoms with E-state index in [1.807, 2.05) is 90.0 Å². The zero-order valence-electron chi connectivity index (χ0n) is 68.4. The van der Waals surface area contributed by atoms with Crippen LogP contribution in [0.15, 0.2) is 0 Å². The number of rotatable bonds is 11. The van der Waals surface area contributed by atoms with Crippen LogP contribution in [-0.2, 0) is 42.7 Å². The standard InChI is InChI=1S/C9H18O.C8H16.C8H18.2C7H16O.C6H12O2.C6H12O.2C6H14O.C5H12O.C5H12.C4H12Si/c1-8(2)10-9-6-4-3-5-7-9;1-8(2)6-4-3-5-7-8;1-7(2,3)8(4,5)6;1-6(2)8-7(3,4)5;1-6(2)5-8-7(3)4;1-5(7)8-6(2,3)4;1-6-4-2-3-5-7-6;1-5-7-6(2,3)4;1-5(2)7-6(3)4;1-4-6-5(2)3;2*1-5(2,3)4/h8-9H,3-7H2,1-2H3;3-7H2,1-2H3;1-6H3;6H,1-5H3;6-7H,5H2,1-4H3;1-4H3;6H,2-5H2,1H3;5H2,1-4H3;5-6H,1-4H3;5H,4H2,1-3H3;2*1-4H3. The monoisotopic (exact) mass is 1270 g/mol. The van der Waals surface area contributed by atoms with E-state index in [4.69, 9.17) is 37.9 Å². The maximum Gasteiger partial charge on any atom is 0.303 e. The predicted molar refractivity (Wildman–Crippen MR) is 395 cm³/mol. The molecule has 87 heavy (non-hydrogen) atoms. The Labute approximate surface area is 553 Å². The van der Waals surface area contributed by atoms with E-state index >= 15 is 0 Å². The van der Waals surface area contributed by atoms with Gasteiger partial charge in [0.05, 0.1) is 60.0 Å². The van der Waals surface area contributed by atoms with Gasteiger partial charge in [-0.05, 0) is 239 Å². The van der Waals surface area contributed by atoms with Crippen molar-refractivity contribution in [2.45, 2.75) is 445 Å². The second kappa shape index (κ2) is 58.0. The molecule has 0 aromatic carbocycles. The highest BCUT2D eigenvalue weighted by Gasteiger charge is 2.27. The first-order valence-corrected chi connectivity index (χ1v) is 39.2. The van der Waals surface area contributed by atoms with Crippen LogP contribution in [0.25, 0.3) is 0 Å². The van der Waals surface area contributed by atoms with Crippen molar-refractivity contribution in [3.63, 3.8) is 0 Å². The van der Waals surface area contributed by atoms with E-state index in [0.29, 0.717) is 76.4 Å². The SMILES string of the molecule is CC(=O)OC(C)(C)C.CC(C)(C)C.CC(C)(C)C(C)(C)C.CC(C)COC(C)C.CC(C)OC(C)(C)C.CC(C)OC(C)C.CC(C)OC1CCCCC1.CC1(C)CCCCC1.CC1CCCCO1.CCOC(C)(C)C.CCOC(C)C.C[Si](C)(C)C. The summed E-state index contributed by atoms with van der Waals surface area (Å²) in [4.78, 5) is 10.2. The summed E-state index contributed by atoms with van der Waals surface area (Å²) in [7, 11) is -0.611. The first kappa shape index (κ1) is 105. The summed E-state index contributed by atoms with van der Waals surface area (Å²) in [5.74, 6) is 0.440. The number of hydrogen-bond acceptors (Lipinski definition) is 9. The Hall–Kier alpha value is -0.593. The summed E-state index contributed by atoms with van der Waals surface area (Å²) < 4.78 is 42.0. The lowest BCUT2D eigenvalue weighted by Gasteiger charge is -2.34. The minimum atomic E-state index is -0.611. The number of hydrogen-bond donors (Lipinski definition) is 0. The van der Waals surface area contributed by atoms with Crippen LogP contribution in [-0.4, -0.2) is 106 Å². The quantitative estimate of drug-likeness (QED) is 0.148. The summed E-state index contributed by atoms with van der Waals surface area (Å²) in [5.41, 5.74) is 1.80. The van der Waals surface area contributed by atoms with Gasteiger partial charge >= 0.3 is 5.97 Å². The molecule has 10 heteroatoms. The molecule has 0 aromatic heterocycles. The van der Waals surface area contributed by atoms with E-state index in [1.54, 1.807) is 0 Å². The van der Waals surface area contributed by atoms with Crippen molar-refractivity contribution in [1.29, 1.82) is 0 Å². The van der Waals surface area contributed by atoms with Gasteiger partial charge in [0.25, 0.3) is 0 Å². The van der Waals surface area contributed by atoms with E-state index in [-0.39, 0.29) is 22.8 Å². The van der Waals surface area contributed by atoms with Crippen molar-refractivity contribution in [3.8, 4) is 0 Å². The second-order valence-electron chi connectivity index (χ2n) is 34.9. The molecule has 0 radical (unpaired) electrons. The van der Waals surface area contributed by atoms with Crippen molar-refractivity contribution < 1.29 is 42.7 Å². The lowest BCUT2D eigenvalue weighted by atomic mass is 9.71. The average Bonchev–Trinajstić information content (AvgIpc) is 3.24. The van der Waals surface area contributed by atoms with Gasteiger partial charge in [-0.1, -0.05) is 162 Å². The van der Waals surface area contributed by atoms with Crippen LogP contribution in [0.4, 0.5) is 0 Å². The number of esters is 1. The molecule has 538 valence electrons. The Morgan fingerprint density at radius 3 is 0.977 bits per heavy atom. The van der Waals surface area contributed by atoms with Gasteiger partial charge in [-0.2, -0.15) is 0 Å². The van der Waals surface area contributed by atoms with E-state index in [1.165, 1.54) is 90.4 Å². The van der Waals surface area contributed by atoms with Crippen LogP contribution in [0.2, 0.25) is 26.2 Å². The largest absolute Gasteiger partial charge is 0.460 e. The lowest BCUT2D eigenvalue weighted by Crippen LogP contribution is -2.25. The smallest absolute Gasteiger partial charge is 0.303 e. The van der Waals surface area contributed by atoms with Crippen molar-refractivity contribution >= 4 is 14.0 Å². The maximum absolute atomic E-state index is 10.2. The first-order valence-electron chi connectivity index (χ1n) is 35.2. The molecule has 1 unspecified atom stereocenters. The first-order chi connectivity index (χ1) is 38.6. The third-order valence-electron chi connectivity index (χ3n) is 11.3. The van der Waals surface area contributed by atoms with E-state index in [0.717, 1.165) is 26.4 Å². The highest BCUT2D eigenvalue weighted by atomic mass is 28.3. The van der Waals surface area contributed by atoms with Crippen LogP contribution in [0.5, 0.6) is 0 Å². The normalized spacial score (nSPS) is 16.2. The topological polar surface area (TPSA) is 90.9 Å². The van der Waals surface area contributed by atoms with Crippen molar-refractivity contribution in [2.75, 3.05) is 26.4 Å². The highest BCUT2D eigenvalue weighted by Crippen LogP contribution is 2.36. The molecule has 0 amide bonds. The molecule has 0 bridgehead atoms. The molecule has 2 aliphatic carbocycles. The predicted octanol–water partition coefficient (Wildman–Crippen LogP) is 25.1. The second-order valence-corrected chi connectivity index (χ2v) is 40.9. The fourth-order valence-electron chi connectivity index (χ4n) is 6.83. The molecular formula is C77H172O9Si. The van der Waals surface area contributed by atoms with E-state index in [9.17, 15) is 4.79 Å². The van der Waals surface area contributed by atoms with Crippen LogP contribution >= 0.6 is 0 Å². The number of carbonyl (C=O) groups is 1. The van der Waals surface area contributed by atoms with Crippen LogP contribution < -0.4 is 0 Å². The molecule has 3 fully saturated rings. The van der Waals surface area contributed by atoms with Crippen molar-refractivity contribution in [2.24, 2.45) is 27.6 Å². The molecule has 0 aromatic rings. The van der Waals surface area contributed by atoms with Gasteiger partial charge < -0.3 is 37.9 Å². The Morgan fingerprint density at radius 2 is 0.862 bits per heavy atom. The lowest BCUT2D eigenvalue weighted by molar-refractivity contribution is -0.151. The van der Waals surface area contributed by atoms with Gasteiger partial charge in [0, 0.05) is 41.4 Å². The van der Waals surface area contributed by atoms with Crippen molar-refractivity contribution in [3.05, 3.63) is 0 Å². The van der Waals surface area contributed by atoms with Gasteiger partial charge in [-0.25, -0.2) is 0 Å². The van der Waals surface area contributed by atoms with Gasteiger partial charge in [-0.15, -0.1) is 0 Å². The zero-order valence-corrected chi connectivity index (χ0v) is 69.4. The van der Waals surface area contributed by atoms with Crippen LogP contribution in [0, 0.1) is 27.6 Å². The van der Waals surface area contributed by atoms with Gasteiger partial charge in [0.1, 0.15) is 5.60 Å². The third kappa shape index (κ3) is 143. The molecule has 0 N–H and O–H groups in total. The molecule has 3 aliphatic rings. The fraction of sp³-hybridized carbons (Fsp3) is 0.987. The van der Waals surface area contributed by atoms with Crippen LogP contribution in [0.1, 0.15) is 353 Å². The average molecular weight is 1270 g/mol. The highest BCUT2D eigenvalue weighted by molar-refractivity contribution is 6.74. The molecule has 0 spiro atoms. The molecule has 1 heterocycles. The number of carbonyl (C=O) groups excluding carboxylic acids is 1. The molecule has 1 atom stereocenters. The van der Waals surface area contributed by atoms with E-state index < -0.39 is 8.07 Å². The Morgan fingerprint density at radius 1 is 0.494 bits per heavy atom. The summed E-state index contributed by atoms with van der Waals surface area (Å²) in [6.45, 7) is 94.4. The third-order valence-corrected chi connectivity index (χ3v) is 11.3. The van der Waals surface area contributed by atoms with Gasteiger partial charge in [0.2, 0.25) is 0 Å². The van der Waals surface area contributed by atoms with Gasteiger partial charge in [0.15, 0.2) is 0 Å². The van der Waals surface area contributed by atoms with E-state index in [2.05, 4.69) is 199 Å². The van der Waals surface area contributed by atoms with Gasteiger partial charge in [-0.3, -0.25) is 4.79 Å². The maximum atomic E-state index is 10.2. The Bertz CT molecular complexity index is 1320. The summed E-state index contributed by atoms with van der Waals surface area (Å²) in [6, 6.07) is 0. The molecule has 2 saturated carbocycles. The zero-order chi connectivity index (χ0) is 71.5. The number of ether oxygens (including phenoxy) is 8. The summed E-state index contributed by atoms with van der Waals surface area (Å²) >= 11 is 0. The van der Waals surface area contributed by atoms with Crippen LogP contribution in [0.3, 0.4) is 0 Å². The summed E-state index contributed by atoms with van der Waals surface area (Å²) in [5, 5.41) is 0. The minimum absolute atomic E-state index is 0.0220.